The third-order valence-corrected chi connectivity index (χ3v) is 2.75. The van der Waals surface area contributed by atoms with Crippen LogP contribution in [0.2, 0.25) is 5.02 Å². The molecule has 0 nitrogen and oxygen atoms in total. The molecule has 0 aliphatic rings. The number of hydrogen-bond acceptors (Lipinski definition) is 0. The Bertz CT molecular complexity index is 367. The molecular formula is C11H12ClF3. The van der Waals surface area contributed by atoms with E-state index in [0.29, 0.717) is 16.1 Å². The summed E-state index contributed by atoms with van der Waals surface area (Å²) in [6, 6.07) is 2.20. The van der Waals surface area contributed by atoms with Gasteiger partial charge in [0.15, 0.2) is 0 Å². The maximum Gasteiger partial charge on any atom is 0.416 e. The lowest BCUT2D eigenvalue weighted by Gasteiger charge is -2.15. The maximum absolute atomic E-state index is 12.5. The summed E-state index contributed by atoms with van der Waals surface area (Å²) in [5.41, 5.74) is 0.382. The average Bonchev–Trinajstić information content (AvgIpc) is 2.06. The fourth-order valence-electron chi connectivity index (χ4n) is 1.38. The van der Waals surface area contributed by atoms with E-state index in [1.807, 2.05) is 13.8 Å². The summed E-state index contributed by atoms with van der Waals surface area (Å²) in [6.07, 6.45) is -4.31. The van der Waals surface area contributed by atoms with Crippen molar-refractivity contribution in [3.63, 3.8) is 0 Å². The van der Waals surface area contributed by atoms with Gasteiger partial charge in [-0.15, -0.1) is 0 Å². The van der Waals surface area contributed by atoms with Crippen LogP contribution in [0, 0.1) is 6.92 Å². The van der Waals surface area contributed by atoms with E-state index in [4.69, 9.17) is 11.6 Å². The fourth-order valence-corrected chi connectivity index (χ4v) is 1.71. The molecule has 0 atom stereocenters. The van der Waals surface area contributed by atoms with Crippen molar-refractivity contribution >= 4 is 11.6 Å². The summed E-state index contributed by atoms with van der Waals surface area (Å²) in [7, 11) is 0. The predicted molar refractivity (Wildman–Crippen MR) is 55.3 cm³/mol. The van der Waals surface area contributed by atoms with E-state index in [1.165, 1.54) is 0 Å². The van der Waals surface area contributed by atoms with Gasteiger partial charge < -0.3 is 0 Å². The summed E-state index contributed by atoms with van der Waals surface area (Å²) in [5, 5.41) is 0.429. The minimum absolute atomic E-state index is 0.0153. The minimum atomic E-state index is -4.31. The molecule has 0 radical (unpaired) electrons. The second kappa shape index (κ2) is 4.05. The van der Waals surface area contributed by atoms with Gasteiger partial charge in [-0.1, -0.05) is 25.4 Å². The summed E-state index contributed by atoms with van der Waals surface area (Å²) in [6.45, 7) is 5.23. The molecule has 1 aromatic rings. The number of rotatable bonds is 1. The molecule has 0 saturated heterocycles. The standard InChI is InChI=1S/C11H12ClF3/c1-6(2)9-5-8(11(13,14)15)4-7(3)10(9)12/h4-6H,1-3H3. The molecule has 4 heteroatoms. The van der Waals surface area contributed by atoms with Gasteiger partial charge in [-0.05, 0) is 36.1 Å². The van der Waals surface area contributed by atoms with E-state index in [2.05, 4.69) is 0 Å². The van der Waals surface area contributed by atoms with Gasteiger partial charge >= 0.3 is 6.18 Å². The minimum Gasteiger partial charge on any atom is -0.166 e. The van der Waals surface area contributed by atoms with Crippen LogP contribution in [0.4, 0.5) is 13.2 Å². The molecule has 0 aliphatic carbocycles. The van der Waals surface area contributed by atoms with Gasteiger partial charge in [-0.2, -0.15) is 13.2 Å². The van der Waals surface area contributed by atoms with Crippen LogP contribution in [0.1, 0.15) is 36.5 Å². The van der Waals surface area contributed by atoms with E-state index in [1.54, 1.807) is 6.92 Å². The predicted octanol–water partition coefficient (Wildman–Crippen LogP) is 4.79. The highest BCUT2D eigenvalue weighted by Crippen LogP contribution is 2.36. The third kappa shape index (κ3) is 2.65. The molecule has 0 N–H and O–H groups in total. The van der Waals surface area contributed by atoms with E-state index in [0.717, 1.165) is 12.1 Å². The highest BCUT2D eigenvalue weighted by molar-refractivity contribution is 6.32. The zero-order chi connectivity index (χ0) is 11.8. The Morgan fingerprint density at radius 3 is 2.13 bits per heavy atom. The molecule has 0 unspecified atom stereocenters. The first kappa shape index (κ1) is 12.4. The molecule has 0 aromatic heterocycles. The quantitative estimate of drug-likeness (QED) is 0.658. The maximum atomic E-state index is 12.5. The summed E-state index contributed by atoms with van der Waals surface area (Å²) in [5.74, 6) is -0.0153. The largest absolute Gasteiger partial charge is 0.416 e. The van der Waals surface area contributed by atoms with Crippen molar-refractivity contribution in [1.29, 1.82) is 0 Å². The zero-order valence-corrected chi connectivity index (χ0v) is 9.50. The average molecular weight is 237 g/mol. The molecule has 0 aliphatic heterocycles. The van der Waals surface area contributed by atoms with Gasteiger partial charge in [0, 0.05) is 5.02 Å². The number of hydrogen-bond donors (Lipinski definition) is 0. The highest BCUT2D eigenvalue weighted by Gasteiger charge is 2.31. The molecule has 15 heavy (non-hydrogen) atoms. The van der Waals surface area contributed by atoms with Crippen molar-refractivity contribution in [1.82, 2.24) is 0 Å². The van der Waals surface area contributed by atoms with Gasteiger partial charge in [0.1, 0.15) is 0 Å². The molecule has 0 amide bonds. The fraction of sp³-hybridized carbons (Fsp3) is 0.455. The third-order valence-electron chi connectivity index (χ3n) is 2.23. The van der Waals surface area contributed by atoms with E-state index in [9.17, 15) is 13.2 Å². The number of halogens is 4. The first-order valence-electron chi connectivity index (χ1n) is 4.60. The molecule has 0 saturated carbocycles. The Balaban J connectivity index is 3.36. The monoisotopic (exact) mass is 236 g/mol. The van der Waals surface area contributed by atoms with Crippen LogP contribution in [0.5, 0.6) is 0 Å². The number of aryl methyl sites for hydroxylation is 1. The lowest BCUT2D eigenvalue weighted by molar-refractivity contribution is -0.137. The lowest BCUT2D eigenvalue weighted by Crippen LogP contribution is -2.07. The number of alkyl halides is 3. The molecule has 84 valence electrons. The Morgan fingerprint density at radius 2 is 1.73 bits per heavy atom. The molecular weight excluding hydrogens is 225 g/mol. The van der Waals surface area contributed by atoms with Crippen LogP contribution in [-0.2, 0) is 6.18 Å². The molecule has 0 bridgehead atoms. The second-order valence-corrected chi connectivity index (χ2v) is 4.23. The molecule has 0 fully saturated rings. The summed E-state index contributed by atoms with van der Waals surface area (Å²) in [4.78, 5) is 0. The first-order valence-corrected chi connectivity index (χ1v) is 4.98. The SMILES string of the molecule is Cc1cc(C(F)(F)F)cc(C(C)C)c1Cl. The molecule has 1 rings (SSSR count). The van der Waals surface area contributed by atoms with E-state index >= 15 is 0 Å². The van der Waals surface area contributed by atoms with Crippen LogP contribution in [0.15, 0.2) is 12.1 Å². The van der Waals surface area contributed by atoms with E-state index in [-0.39, 0.29) is 5.92 Å². The van der Waals surface area contributed by atoms with Gasteiger partial charge in [0.25, 0.3) is 0 Å². The zero-order valence-electron chi connectivity index (χ0n) is 8.74. The summed E-state index contributed by atoms with van der Waals surface area (Å²) < 4.78 is 37.5. The van der Waals surface area contributed by atoms with Gasteiger partial charge in [0.05, 0.1) is 5.56 Å². The molecule has 0 spiro atoms. The van der Waals surface area contributed by atoms with Crippen molar-refractivity contribution in [3.8, 4) is 0 Å². The van der Waals surface area contributed by atoms with Crippen LogP contribution in [0.3, 0.4) is 0 Å². The Morgan fingerprint density at radius 1 is 1.20 bits per heavy atom. The van der Waals surface area contributed by atoms with Gasteiger partial charge in [-0.25, -0.2) is 0 Å². The summed E-state index contributed by atoms with van der Waals surface area (Å²) >= 11 is 5.94. The topological polar surface area (TPSA) is 0 Å². The lowest BCUT2D eigenvalue weighted by atomic mass is 9.98. The van der Waals surface area contributed by atoms with Crippen LogP contribution < -0.4 is 0 Å². The first-order chi connectivity index (χ1) is 6.73. The van der Waals surface area contributed by atoms with Crippen molar-refractivity contribution < 1.29 is 13.2 Å². The molecule has 0 heterocycles. The van der Waals surface area contributed by atoms with Crippen molar-refractivity contribution in [2.24, 2.45) is 0 Å². The van der Waals surface area contributed by atoms with Crippen LogP contribution in [0.25, 0.3) is 0 Å². The van der Waals surface area contributed by atoms with Gasteiger partial charge in [-0.3, -0.25) is 0 Å². The van der Waals surface area contributed by atoms with Crippen molar-refractivity contribution in [3.05, 3.63) is 33.8 Å². The number of benzene rings is 1. The highest BCUT2D eigenvalue weighted by atomic mass is 35.5. The normalized spacial score (nSPS) is 12.3. The van der Waals surface area contributed by atoms with Crippen molar-refractivity contribution in [2.45, 2.75) is 32.9 Å². The molecule has 1 aromatic carbocycles. The second-order valence-electron chi connectivity index (χ2n) is 3.85. The smallest absolute Gasteiger partial charge is 0.166 e. The van der Waals surface area contributed by atoms with Gasteiger partial charge in [0.2, 0.25) is 0 Å². The Hall–Kier alpha value is -0.700. The van der Waals surface area contributed by atoms with Crippen LogP contribution in [-0.4, -0.2) is 0 Å². The van der Waals surface area contributed by atoms with Crippen LogP contribution >= 0.6 is 11.6 Å². The van der Waals surface area contributed by atoms with E-state index < -0.39 is 11.7 Å². The van der Waals surface area contributed by atoms with Crippen molar-refractivity contribution in [2.75, 3.05) is 0 Å². The Kier molecular flexibility index (Phi) is 3.34. The Labute approximate surface area is 92.1 Å².